The van der Waals surface area contributed by atoms with E-state index in [0.717, 1.165) is 17.6 Å². The Bertz CT molecular complexity index is 89.7. The molecule has 0 aromatic heterocycles. The summed E-state index contributed by atoms with van der Waals surface area (Å²) in [6, 6.07) is 0. The Kier molecular flexibility index (Phi) is 7.63. The molecule has 0 saturated carbocycles. The van der Waals surface area contributed by atoms with Crippen LogP contribution >= 0.6 is 27.7 Å². The highest BCUT2D eigenvalue weighted by Gasteiger charge is 1.96. The van der Waals surface area contributed by atoms with Crippen LogP contribution in [-0.2, 0) is 4.79 Å². The number of rotatable bonds is 5. The van der Waals surface area contributed by atoms with E-state index in [9.17, 15) is 4.79 Å². The zero-order valence-corrected chi connectivity index (χ0v) is 8.43. The molecule has 60 valence electrons. The minimum absolute atomic E-state index is 0.147. The summed E-state index contributed by atoms with van der Waals surface area (Å²) in [6.07, 6.45) is 2.63. The Labute approximate surface area is 74.3 Å². The minimum Gasteiger partial charge on any atom is -0.355 e. The van der Waals surface area contributed by atoms with Gasteiger partial charge in [0.05, 0.1) is 0 Å². The van der Waals surface area contributed by atoms with Gasteiger partial charge in [-0.15, -0.1) is 0 Å². The molecule has 10 heavy (non-hydrogen) atoms. The molecule has 0 aromatic carbocycles. The van der Waals surface area contributed by atoms with Crippen molar-refractivity contribution in [1.29, 1.82) is 0 Å². The maximum atomic E-state index is 10.8. The zero-order chi connectivity index (χ0) is 7.82. The minimum atomic E-state index is 0.147. The van der Waals surface area contributed by atoms with E-state index in [-0.39, 0.29) is 5.91 Å². The average Bonchev–Trinajstić information content (AvgIpc) is 1.97. The van der Waals surface area contributed by atoms with Gasteiger partial charge in [-0.25, -0.2) is 0 Å². The Balaban J connectivity index is 3.09. The lowest BCUT2D eigenvalue weighted by atomic mass is 10.4. The summed E-state index contributed by atoms with van der Waals surface area (Å²) < 4.78 is 0. The second-order valence-electron chi connectivity index (χ2n) is 1.78. The fraction of sp³-hybridized carbons (Fsp3) is 0.833. The van der Waals surface area contributed by atoms with Crippen LogP contribution in [0.5, 0.6) is 0 Å². The van der Waals surface area contributed by atoms with Crippen LogP contribution < -0.4 is 5.32 Å². The molecule has 0 aliphatic heterocycles. The van der Waals surface area contributed by atoms with Crippen molar-refractivity contribution in [1.82, 2.24) is 5.32 Å². The molecule has 0 aromatic rings. The fourth-order valence-electron chi connectivity index (χ4n) is 0.470. The molecular weight excluding hydrogens is 214 g/mol. The number of carbonyl (C=O) groups is 1. The molecule has 0 radical (unpaired) electrons. The normalized spacial score (nSPS) is 9.40. The predicted octanol–water partition coefficient (Wildman–Crippen LogP) is 1.25. The van der Waals surface area contributed by atoms with Crippen molar-refractivity contribution in [3.8, 4) is 0 Å². The molecule has 0 fully saturated rings. The number of carbonyl (C=O) groups excluding carboxylic acids is 1. The maximum absolute atomic E-state index is 10.8. The number of amides is 1. The predicted molar refractivity (Wildman–Crippen MR) is 49.8 cm³/mol. The lowest BCUT2D eigenvalue weighted by Gasteiger charge is -1.99. The van der Waals surface area contributed by atoms with Crippen molar-refractivity contribution < 1.29 is 4.79 Å². The van der Waals surface area contributed by atoms with Crippen LogP contribution in [0.15, 0.2) is 0 Å². The van der Waals surface area contributed by atoms with Gasteiger partial charge in [-0.3, -0.25) is 4.79 Å². The summed E-state index contributed by atoms with van der Waals surface area (Å²) in [4.78, 5) is 10.8. The second-order valence-corrected chi connectivity index (χ2v) is 3.56. The summed E-state index contributed by atoms with van der Waals surface area (Å²) in [6.45, 7) is 0.729. The molecule has 4 heteroatoms. The largest absolute Gasteiger partial charge is 0.355 e. The first-order valence-electron chi connectivity index (χ1n) is 3.13. The first kappa shape index (κ1) is 10.3. The van der Waals surface area contributed by atoms with E-state index >= 15 is 0 Å². The molecule has 0 atom stereocenters. The number of thioether (sulfide) groups is 1. The Morgan fingerprint density at radius 2 is 2.40 bits per heavy atom. The summed E-state index contributed by atoms with van der Waals surface area (Å²) in [7, 11) is 0. The van der Waals surface area contributed by atoms with Crippen molar-refractivity contribution in [2.45, 2.75) is 6.42 Å². The molecule has 1 N–H and O–H groups in total. The molecule has 0 aliphatic carbocycles. The highest BCUT2D eigenvalue weighted by Crippen LogP contribution is 1.94. The highest BCUT2D eigenvalue weighted by atomic mass is 79.9. The quantitative estimate of drug-likeness (QED) is 0.715. The number of nitrogens with one attached hydrogen (secondary N) is 1. The van der Waals surface area contributed by atoms with Crippen LogP contribution in [0.1, 0.15) is 6.42 Å². The SMILES string of the molecule is CSCCC(=O)NCCBr. The van der Waals surface area contributed by atoms with E-state index in [4.69, 9.17) is 0 Å². The molecule has 1 amide bonds. The summed E-state index contributed by atoms with van der Waals surface area (Å²) in [5.74, 6) is 1.06. The van der Waals surface area contributed by atoms with Crippen LogP contribution in [0.2, 0.25) is 0 Å². The molecule has 0 rings (SSSR count). The topological polar surface area (TPSA) is 29.1 Å². The van der Waals surface area contributed by atoms with E-state index in [0.29, 0.717) is 6.42 Å². The lowest BCUT2D eigenvalue weighted by molar-refractivity contribution is -0.120. The standard InChI is InChI=1S/C6H12BrNOS/c1-10-5-2-6(9)8-4-3-7/h2-5H2,1H3,(H,8,9). The molecule has 0 spiro atoms. The Hall–Kier alpha value is 0.300. The number of hydrogen-bond donors (Lipinski definition) is 1. The van der Waals surface area contributed by atoms with Crippen LogP contribution in [-0.4, -0.2) is 29.8 Å². The van der Waals surface area contributed by atoms with Gasteiger partial charge in [-0.05, 0) is 6.26 Å². The average molecular weight is 226 g/mol. The Morgan fingerprint density at radius 3 is 2.90 bits per heavy atom. The van der Waals surface area contributed by atoms with Gasteiger partial charge in [0.15, 0.2) is 0 Å². The van der Waals surface area contributed by atoms with E-state index < -0.39 is 0 Å². The first-order valence-corrected chi connectivity index (χ1v) is 5.64. The second kappa shape index (κ2) is 7.41. The van der Waals surface area contributed by atoms with E-state index in [2.05, 4.69) is 21.2 Å². The van der Waals surface area contributed by atoms with Crippen molar-refractivity contribution in [3.63, 3.8) is 0 Å². The molecule has 2 nitrogen and oxygen atoms in total. The van der Waals surface area contributed by atoms with Crippen molar-refractivity contribution in [3.05, 3.63) is 0 Å². The number of halogens is 1. The van der Waals surface area contributed by atoms with Gasteiger partial charge < -0.3 is 5.32 Å². The lowest BCUT2D eigenvalue weighted by Crippen LogP contribution is -2.25. The molecule has 0 unspecified atom stereocenters. The van der Waals surface area contributed by atoms with Gasteiger partial charge in [0.2, 0.25) is 5.91 Å². The zero-order valence-electron chi connectivity index (χ0n) is 6.02. The van der Waals surface area contributed by atoms with Crippen molar-refractivity contribution in [2.24, 2.45) is 0 Å². The van der Waals surface area contributed by atoms with Crippen molar-refractivity contribution in [2.75, 3.05) is 23.9 Å². The van der Waals surface area contributed by atoms with E-state index in [1.807, 2.05) is 6.26 Å². The van der Waals surface area contributed by atoms with Crippen molar-refractivity contribution >= 4 is 33.6 Å². The van der Waals surface area contributed by atoms with E-state index in [1.54, 1.807) is 11.8 Å². The number of alkyl halides is 1. The monoisotopic (exact) mass is 225 g/mol. The van der Waals surface area contributed by atoms with Gasteiger partial charge >= 0.3 is 0 Å². The van der Waals surface area contributed by atoms with Crippen LogP contribution in [0.25, 0.3) is 0 Å². The third kappa shape index (κ3) is 6.42. The van der Waals surface area contributed by atoms with Gasteiger partial charge in [0.25, 0.3) is 0 Å². The fourth-order valence-corrected chi connectivity index (χ4v) is 1.06. The third-order valence-corrected chi connectivity index (χ3v) is 1.96. The molecular formula is C6H12BrNOS. The summed E-state index contributed by atoms with van der Waals surface area (Å²) in [5.41, 5.74) is 0. The first-order chi connectivity index (χ1) is 4.81. The Morgan fingerprint density at radius 1 is 1.70 bits per heavy atom. The third-order valence-electron chi connectivity index (χ3n) is 0.950. The smallest absolute Gasteiger partial charge is 0.220 e. The van der Waals surface area contributed by atoms with Gasteiger partial charge in [-0.1, -0.05) is 15.9 Å². The maximum Gasteiger partial charge on any atom is 0.220 e. The van der Waals surface area contributed by atoms with E-state index in [1.165, 1.54) is 0 Å². The van der Waals surface area contributed by atoms with Gasteiger partial charge in [0, 0.05) is 24.0 Å². The molecule has 0 heterocycles. The van der Waals surface area contributed by atoms with Gasteiger partial charge in [-0.2, -0.15) is 11.8 Å². The highest BCUT2D eigenvalue weighted by molar-refractivity contribution is 9.09. The van der Waals surface area contributed by atoms with Gasteiger partial charge in [0.1, 0.15) is 0 Å². The molecule has 0 saturated heterocycles. The summed E-state index contributed by atoms with van der Waals surface area (Å²) in [5, 5.41) is 3.60. The van der Waals surface area contributed by atoms with Crippen LogP contribution in [0.4, 0.5) is 0 Å². The molecule has 0 bridgehead atoms. The summed E-state index contributed by atoms with van der Waals surface area (Å²) >= 11 is 4.92. The molecule has 0 aliphatic rings. The number of hydrogen-bond acceptors (Lipinski definition) is 2. The van der Waals surface area contributed by atoms with Crippen LogP contribution in [0, 0.1) is 0 Å². The van der Waals surface area contributed by atoms with Crippen LogP contribution in [0.3, 0.4) is 0 Å².